The van der Waals surface area contributed by atoms with E-state index in [2.05, 4.69) is 31.8 Å². The van der Waals surface area contributed by atoms with Gasteiger partial charge in [-0.2, -0.15) is 5.10 Å². The summed E-state index contributed by atoms with van der Waals surface area (Å²) in [7, 11) is 1.80. The summed E-state index contributed by atoms with van der Waals surface area (Å²) in [5, 5.41) is 11.1. The molecule has 2 aromatic heterocycles. The molecule has 1 fully saturated rings. The van der Waals surface area contributed by atoms with Crippen molar-refractivity contribution in [3.8, 4) is 5.82 Å². The summed E-state index contributed by atoms with van der Waals surface area (Å²) in [5.41, 5.74) is 3.20. The van der Waals surface area contributed by atoms with Gasteiger partial charge in [-0.1, -0.05) is 6.07 Å². The Morgan fingerprint density at radius 1 is 1.30 bits per heavy atom. The second-order valence-electron chi connectivity index (χ2n) is 6.11. The number of guanidine groups is 1. The molecule has 1 saturated carbocycles. The maximum absolute atomic E-state index is 4.51. The highest BCUT2D eigenvalue weighted by atomic mass is 15.3. The highest BCUT2D eigenvalue weighted by molar-refractivity contribution is 5.79. The van der Waals surface area contributed by atoms with E-state index < -0.39 is 0 Å². The van der Waals surface area contributed by atoms with Crippen molar-refractivity contribution in [2.75, 3.05) is 13.6 Å². The second kappa shape index (κ2) is 6.81. The third kappa shape index (κ3) is 4.09. The van der Waals surface area contributed by atoms with E-state index in [1.165, 1.54) is 12.8 Å². The average Bonchev–Trinajstić information content (AvgIpc) is 3.32. The molecule has 1 aliphatic carbocycles. The van der Waals surface area contributed by atoms with Crippen molar-refractivity contribution in [1.82, 2.24) is 25.4 Å². The number of aryl methyl sites for hydroxylation is 2. The van der Waals surface area contributed by atoms with E-state index in [4.69, 9.17) is 0 Å². The predicted molar refractivity (Wildman–Crippen MR) is 91.8 cm³/mol. The summed E-state index contributed by atoms with van der Waals surface area (Å²) in [6, 6.07) is 6.11. The fourth-order valence-corrected chi connectivity index (χ4v) is 2.48. The van der Waals surface area contributed by atoms with Crippen LogP contribution in [-0.4, -0.2) is 34.3 Å². The quantitative estimate of drug-likeness (QED) is 0.654. The molecule has 23 heavy (non-hydrogen) atoms. The topological polar surface area (TPSA) is 67.1 Å². The molecular weight excluding hydrogens is 288 g/mol. The lowest BCUT2D eigenvalue weighted by Gasteiger charge is -2.11. The van der Waals surface area contributed by atoms with Crippen LogP contribution in [-0.2, 0) is 6.54 Å². The average molecular weight is 312 g/mol. The molecule has 2 heterocycles. The first-order valence-electron chi connectivity index (χ1n) is 8.09. The van der Waals surface area contributed by atoms with Gasteiger partial charge in [-0.05, 0) is 50.3 Å². The van der Waals surface area contributed by atoms with Gasteiger partial charge in [0.25, 0.3) is 0 Å². The molecule has 0 spiro atoms. The van der Waals surface area contributed by atoms with E-state index in [9.17, 15) is 0 Å². The van der Waals surface area contributed by atoms with Gasteiger partial charge in [-0.15, -0.1) is 0 Å². The van der Waals surface area contributed by atoms with E-state index >= 15 is 0 Å². The molecule has 6 heteroatoms. The summed E-state index contributed by atoms with van der Waals surface area (Å²) in [6.07, 6.45) is 4.55. The van der Waals surface area contributed by atoms with Gasteiger partial charge in [0.2, 0.25) is 0 Å². The van der Waals surface area contributed by atoms with E-state index in [0.717, 1.165) is 41.2 Å². The van der Waals surface area contributed by atoms with E-state index in [-0.39, 0.29) is 0 Å². The number of hydrogen-bond donors (Lipinski definition) is 2. The Morgan fingerprint density at radius 3 is 2.70 bits per heavy atom. The Bertz CT molecular complexity index is 682. The van der Waals surface area contributed by atoms with E-state index in [1.807, 2.05) is 36.9 Å². The van der Waals surface area contributed by atoms with Crippen molar-refractivity contribution in [3.63, 3.8) is 0 Å². The molecule has 2 aromatic rings. The Balaban J connectivity index is 1.57. The fraction of sp³-hybridized carbons (Fsp3) is 0.471. The molecular formula is C17H24N6. The number of rotatable bonds is 5. The number of nitrogens with one attached hydrogen (secondary N) is 2. The smallest absolute Gasteiger partial charge is 0.191 e. The SMILES string of the molecule is CN=C(NCc1ccc(-n2nc(C)cc2C)nc1)NCC1CC1. The lowest BCUT2D eigenvalue weighted by atomic mass is 10.3. The summed E-state index contributed by atoms with van der Waals surface area (Å²) in [6.45, 7) is 5.73. The molecule has 0 radical (unpaired) electrons. The monoisotopic (exact) mass is 312 g/mol. The first-order chi connectivity index (χ1) is 11.2. The maximum Gasteiger partial charge on any atom is 0.191 e. The van der Waals surface area contributed by atoms with Crippen LogP contribution in [0.5, 0.6) is 0 Å². The zero-order valence-electron chi connectivity index (χ0n) is 14.0. The molecule has 0 saturated heterocycles. The Morgan fingerprint density at radius 2 is 2.13 bits per heavy atom. The van der Waals surface area contributed by atoms with Gasteiger partial charge >= 0.3 is 0 Å². The maximum atomic E-state index is 4.51. The van der Waals surface area contributed by atoms with Gasteiger partial charge in [0.1, 0.15) is 0 Å². The van der Waals surface area contributed by atoms with E-state index in [1.54, 1.807) is 7.05 Å². The molecule has 0 atom stereocenters. The van der Waals surface area contributed by atoms with Crippen molar-refractivity contribution in [3.05, 3.63) is 41.3 Å². The molecule has 0 amide bonds. The minimum Gasteiger partial charge on any atom is -0.356 e. The number of nitrogens with zero attached hydrogens (tertiary/aromatic N) is 4. The van der Waals surface area contributed by atoms with Gasteiger partial charge in [-0.25, -0.2) is 9.67 Å². The van der Waals surface area contributed by atoms with Crippen molar-refractivity contribution in [2.24, 2.45) is 10.9 Å². The minimum atomic E-state index is 0.703. The minimum absolute atomic E-state index is 0.703. The van der Waals surface area contributed by atoms with Crippen molar-refractivity contribution in [2.45, 2.75) is 33.2 Å². The number of aromatic nitrogens is 3. The first kappa shape index (κ1) is 15.5. The lowest BCUT2D eigenvalue weighted by molar-refractivity contribution is 0.736. The van der Waals surface area contributed by atoms with Gasteiger partial charge < -0.3 is 10.6 Å². The normalized spacial score (nSPS) is 14.8. The standard InChI is InChI=1S/C17H24N6/c1-12-8-13(2)23(22-12)16-7-6-15(10-19-16)11-21-17(18-3)20-9-14-4-5-14/h6-8,10,14H,4-5,9,11H2,1-3H3,(H2,18,20,21). The summed E-state index contributed by atoms with van der Waals surface area (Å²) < 4.78 is 1.86. The zero-order valence-corrected chi connectivity index (χ0v) is 14.0. The Labute approximate surface area is 137 Å². The Kier molecular flexibility index (Phi) is 4.60. The van der Waals surface area contributed by atoms with Gasteiger partial charge in [0, 0.05) is 32.0 Å². The molecule has 0 bridgehead atoms. The van der Waals surface area contributed by atoms with Gasteiger partial charge in [0.15, 0.2) is 11.8 Å². The third-order valence-electron chi connectivity index (χ3n) is 3.97. The van der Waals surface area contributed by atoms with Crippen LogP contribution in [0.15, 0.2) is 29.4 Å². The lowest BCUT2D eigenvalue weighted by Crippen LogP contribution is -2.37. The van der Waals surface area contributed by atoms with Crippen LogP contribution in [0.2, 0.25) is 0 Å². The first-order valence-corrected chi connectivity index (χ1v) is 8.09. The van der Waals surface area contributed by atoms with Gasteiger partial charge in [-0.3, -0.25) is 4.99 Å². The van der Waals surface area contributed by atoms with Crippen LogP contribution < -0.4 is 10.6 Å². The number of hydrogen-bond acceptors (Lipinski definition) is 3. The van der Waals surface area contributed by atoms with Crippen LogP contribution in [0.1, 0.15) is 29.8 Å². The summed E-state index contributed by atoms with van der Waals surface area (Å²) in [5.74, 6) is 2.52. The van der Waals surface area contributed by atoms with Crippen LogP contribution in [0, 0.1) is 19.8 Å². The van der Waals surface area contributed by atoms with Crippen molar-refractivity contribution in [1.29, 1.82) is 0 Å². The molecule has 2 N–H and O–H groups in total. The second-order valence-corrected chi connectivity index (χ2v) is 6.11. The molecule has 1 aliphatic rings. The predicted octanol–water partition coefficient (Wildman–Crippen LogP) is 1.96. The number of pyridine rings is 1. The highest BCUT2D eigenvalue weighted by Gasteiger charge is 2.20. The third-order valence-corrected chi connectivity index (χ3v) is 3.97. The number of aliphatic imine (C=N–C) groups is 1. The summed E-state index contributed by atoms with van der Waals surface area (Å²) in [4.78, 5) is 8.75. The zero-order chi connectivity index (χ0) is 16.2. The van der Waals surface area contributed by atoms with E-state index in [0.29, 0.717) is 6.54 Å². The molecule has 0 aliphatic heterocycles. The Hall–Kier alpha value is -2.37. The van der Waals surface area contributed by atoms with Crippen molar-refractivity contribution >= 4 is 5.96 Å². The molecule has 122 valence electrons. The van der Waals surface area contributed by atoms with Gasteiger partial charge in [0.05, 0.1) is 5.69 Å². The highest BCUT2D eigenvalue weighted by Crippen LogP contribution is 2.27. The molecule has 6 nitrogen and oxygen atoms in total. The van der Waals surface area contributed by atoms with Crippen LogP contribution >= 0.6 is 0 Å². The summed E-state index contributed by atoms with van der Waals surface area (Å²) >= 11 is 0. The molecule has 0 unspecified atom stereocenters. The van der Waals surface area contributed by atoms with Crippen LogP contribution in [0.4, 0.5) is 0 Å². The van der Waals surface area contributed by atoms with Crippen LogP contribution in [0.3, 0.4) is 0 Å². The van der Waals surface area contributed by atoms with Crippen LogP contribution in [0.25, 0.3) is 5.82 Å². The largest absolute Gasteiger partial charge is 0.356 e. The fourth-order valence-electron chi connectivity index (χ4n) is 2.48. The molecule has 0 aromatic carbocycles. The van der Waals surface area contributed by atoms with Crippen molar-refractivity contribution < 1.29 is 0 Å². The molecule has 3 rings (SSSR count).